The van der Waals surface area contributed by atoms with Crippen LogP contribution in [0.3, 0.4) is 0 Å². The molecule has 0 bridgehead atoms. The van der Waals surface area contributed by atoms with E-state index in [2.05, 4.69) is 4.74 Å². The van der Waals surface area contributed by atoms with Gasteiger partial charge >= 0.3 is 53.7 Å². The van der Waals surface area contributed by atoms with Gasteiger partial charge in [0.2, 0.25) is 0 Å². The highest BCUT2D eigenvalue weighted by Crippen LogP contribution is 2.64. The number of carbonyl (C=O) groups is 1. The Bertz CT molecular complexity index is 700. The summed E-state index contributed by atoms with van der Waals surface area (Å²) in [6, 6.07) is 0. The summed E-state index contributed by atoms with van der Waals surface area (Å²) in [4.78, 5) is 10.8. The fourth-order valence-electron chi connectivity index (χ4n) is 1.82. The van der Waals surface area contributed by atoms with Gasteiger partial charge in [0, 0.05) is 6.54 Å². The van der Waals surface area contributed by atoms with Crippen LogP contribution in [0.4, 0.5) is 79.4 Å². The Morgan fingerprint density at radius 2 is 0.939 bits per heavy atom. The quantitative estimate of drug-likeness (QED) is 0.342. The van der Waals surface area contributed by atoms with Gasteiger partial charge in [-0.15, -0.1) is 0 Å². The Morgan fingerprint density at radius 3 is 1.27 bits per heavy atom. The summed E-state index contributed by atoms with van der Waals surface area (Å²) < 4.78 is 225. The molecule has 0 heterocycles. The van der Waals surface area contributed by atoms with E-state index in [9.17, 15) is 79.4 Å². The first-order valence-corrected chi connectivity index (χ1v) is 7.82. The van der Waals surface area contributed by atoms with Gasteiger partial charge < -0.3 is 10.1 Å². The van der Waals surface area contributed by atoms with Crippen LogP contribution >= 0.6 is 0 Å². The molecule has 0 saturated heterocycles. The van der Waals surface area contributed by atoms with Gasteiger partial charge in [0.25, 0.3) is 0 Å². The Labute approximate surface area is 171 Å². The lowest BCUT2D eigenvalue weighted by Gasteiger charge is -2.42. The number of halogens is 17. The summed E-state index contributed by atoms with van der Waals surface area (Å²) in [6.07, 6.45) is -12.3. The summed E-state index contributed by atoms with van der Waals surface area (Å²) in [7, 11) is 0. The zero-order valence-electron chi connectivity index (χ0n) is 15.4. The average Bonchev–Trinajstić information content (AvgIpc) is 2.59. The standard InChI is InChI=1S/C13H10F17NO2/c1-2-31-5(32)33-4-3-6(14,15)7(16,17)8(18,19)9(20,21)10(22,23)11(24,25)12(26,27)13(28,29)30/h2-4H2,1H3,(H,31,32). The molecule has 0 spiro atoms. The number of rotatable bonds is 10. The van der Waals surface area contributed by atoms with Crippen molar-refractivity contribution in [3.8, 4) is 0 Å². The van der Waals surface area contributed by atoms with Crippen molar-refractivity contribution >= 4 is 6.09 Å². The van der Waals surface area contributed by atoms with E-state index in [0.29, 0.717) is 0 Å². The molecule has 0 atom stereocenters. The highest BCUT2D eigenvalue weighted by Gasteiger charge is 2.95. The minimum atomic E-state index is -8.67. The molecule has 0 aliphatic rings. The minimum absolute atomic E-state index is 0.262. The molecular formula is C13H10F17NO2. The van der Waals surface area contributed by atoms with E-state index in [0.717, 1.165) is 0 Å². The number of nitrogens with one attached hydrogen (secondary N) is 1. The van der Waals surface area contributed by atoms with E-state index >= 15 is 0 Å². The second kappa shape index (κ2) is 8.70. The zero-order chi connectivity index (χ0) is 27.1. The third-order valence-electron chi connectivity index (χ3n) is 3.76. The summed E-state index contributed by atoms with van der Waals surface area (Å²) in [5, 5.41) is 1.68. The maximum atomic E-state index is 13.5. The van der Waals surface area contributed by atoms with Crippen LogP contribution < -0.4 is 5.32 Å². The molecule has 33 heavy (non-hydrogen) atoms. The number of alkyl halides is 17. The van der Waals surface area contributed by atoms with E-state index in [1.54, 1.807) is 5.32 Å². The van der Waals surface area contributed by atoms with Gasteiger partial charge in [-0.05, 0) is 6.92 Å². The van der Waals surface area contributed by atoms with Crippen molar-refractivity contribution in [2.45, 2.75) is 61.0 Å². The first-order valence-electron chi connectivity index (χ1n) is 7.82. The van der Waals surface area contributed by atoms with Crippen LogP contribution in [-0.4, -0.2) is 66.9 Å². The molecule has 3 nitrogen and oxygen atoms in total. The highest BCUT2D eigenvalue weighted by atomic mass is 19.4. The second-order valence-corrected chi connectivity index (χ2v) is 6.06. The molecule has 0 aliphatic heterocycles. The molecule has 1 amide bonds. The van der Waals surface area contributed by atoms with E-state index in [4.69, 9.17) is 0 Å². The van der Waals surface area contributed by atoms with Gasteiger partial charge in [-0.2, -0.15) is 74.6 Å². The van der Waals surface area contributed by atoms with Crippen molar-refractivity contribution in [3.63, 3.8) is 0 Å². The van der Waals surface area contributed by atoms with Crippen LogP contribution in [0, 0.1) is 0 Å². The lowest BCUT2D eigenvalue weighted by atomic mass is 9.88. The molecular weight excluding hydrogens is 525 g/mol. The van der Waals surface area contributed by atoms with Crippen LogP contribution in [-0.2, 0) is 4.74 Å². The summed E-state index contributed by atoms with van der Waals surface area (Å²) in [6.45, 7) is -1.04. The Kier molecular flexibility index (Phi) is 8.19. The topological polar surface area (TPSA) is 38.3 Å². The SMILES string of the molecule is CCNC(=O)OCCC(F)(F)C(F)(F)C(F)(F)C(F)(F)C(F)(F)C(F)(F)C(F)(F)C(F)(F)F. The second-order valence-electron chi connectivity index (χ2n) is 6.06. The maximum absolute atomic E-state index is 13.5. The fraction of sp³-hybridized carbons (Fsp3) is 0.923. The van der Waals surface area contributed by atoms with Crippen LogP contribution in [0.2, 0.25) is 0 Å². The molecule has 0 aromatic heterocycles. The summed E-state index contributed by atoms with van der Waals surface area (Å²) in [5.41, 5.74) is 0. The maximum Gasteiger partial charge on any atom is 0.460 e. The predicted octanol–water partition coefficient (Wildman–Crippen LogP) is 6.13. The van der Waals surface area contributed by atoms with Gasteiger partial charge in [-0.25, -0.2) is 4.79 Å². The normalized spacial score (nSPS) is 15.5. The average molecular weight is 535 g/mol. The lowest BCUT2D eigenvalue weighted by molar-refractivity contribution is -0.461. The van der Waals surface area contributed by atoms with E-state index in [-0.39, 0.29) is 6.54 Å². The minimum Gasteiger partial charge on any atom is -0.449 e. The van der Waals surface area contributed by atoms with Crippen molar-refractivity contribution in [1.29, 1.82) is 0 Å². The van der Waals surface area contributed by atoms with Gasteiger partial charge in [0.1, 0.15) is 0 Å². The Morgan fingerprint density at radius 1 is 0.606 bits per heavy atom. The molecule has 0 rings (SSSR count). The zero-order valence-corrected chi connectivity index (χ0v) is 15.4. The highest BCUT2D eigenvalue weighted by molar-refractivity contribution is 5.66. The number of carbonyl (C=O) groups excluding carboxylic acids is 1. The smallest absolute Gasteiger partial charge is 0.449 e. The van der Waals surface area contributed by atoms with E-state index < -0.39 is 66.8 Å². The summed E-state index contributed by atoms with van der Waals surface area (Å²) in [5.74, 6) is -56.7. The number of hydrogen-bond donors (Lipinski definition) is 1. The van der Waals surface area contributed by atoms with Crippen LogP contribution in [0.25, 0.3) is 0 Å². The Hall–Kier alpha value is -1.92. The molecule has 20 heteroatoms. The van der Waals surface area contributed by atoms with Crippen LogP contribution in [0.5, 0.6) is 0 Å². The van der Waals surface area contributed by atoms with Crippen molar-refractivity contribution in [1.82, 2.24) is 5.32 Å². The Balaban J connectivity index is 6.29. The third-order valence-corrected chi connectivity index (χ3v) is 3.76. The van der Waals surface area contributed by atoms with Crippen LogP contribution in [0.15, 0.2) is 0 Å². The van der Waals surface area contributed by atoms with Gasteiger partial charge in [-0.1, -0.05) is 0 Å². The van der Waals surface area contributed by atoms with Crippen molar-refractivity contribution in [3.05, 3.63) is 0 Å². The van der Waals surface area contributed by atoms with Gasteiger partial charge in [-0.3, -0.25) is 0 Å². The van der Waals surface area contributed by atoms with Crippen molar-refractivity contribution in [2.75, 3.05) is 13.2 Å². The third kappa shape index (κ3) is 4.69. The van der Waals surface area contributed by atoms with Crippen molar-refractivity contribution in [2.24, 2.45) is 0 Å². The molecule has 198 valence electrons. The largest absolute Gasteiger partial charge is 0.460 e. The van der Waals surface area contributed by atoms with Crippen LogP contribution in [0.1, 0.15) is 13.3 Å². The summed E-state index contributed by atoms with van der Waals surface area (Å²) >= 11 is 0. The van der Waals surface area contributed by atoms with Gasteiger partial charge in [0.05, 0.1) is 13.0 Å². The van der Waals surface area contributed by atoms with E-state index in [1.165, 1.54) is 6.92 Å². The number of ether oxygens (including phenoxy) is 1. The first-order chi connectivity index (χ1) is 14.2. The monoisotopic (exact) mass is 535 g/mol. The molecule has 0 radical (unpaired) electrons. The molecule has 0 aromatic rings. The number of hydrogen-bond acceptors (Lipinski definition) is 2. The van der Waals surface area contributed by atoms with Crippen molar-refractivity contribution < 1.29 is 84.2 Å². The number of alkyl carbamates (subject to hydrolysis) is 1. The van der Waals surface area contributed by atoms with Gasteiger partial charge in [0.15, 0.2) is 0 Å². The molecule has 0 fully saturated rings. The predicted molar refractivity (Wildman–Crippen MR) is 70.3 cm³/mol. The van der Waals surface area contributed by atoms with E-state index in [1.807, 2.05) is 0 Å². The molecule has 0 aliphatic carbocycles. The fourth-order valence-corrected chi connectivity index (χ4v) is 1.82. The molecule has 1 N–H and O–H groups in total. The molecule has 0 aromatic carbocycles. The molecule has 0 saturated carbocycles. The first kappa shape index (κ1) is 31.1. The number of amides is 1. The molecule has 0 unspecified atom stereocenters. The lowest BCUT2D eigenvalue weighted by Crippen LogP contribution is -2.74.